The van der Waals surface area contributed by atoms with Crippen molar-refractivity contribution in [1.29, 1.82) is 0 Å². The normalized spacial score (nSPS) is 17.2. The summed E-state index contributed by atoms with van der Waals surface area (Å²) in [6.07, 6.45) is 3.25. The molecular weight excluding hydrogens is 504 g/mol. The first-order valence-electron chi connectivity index (χ1n) is 12.2. The van der Waals surface area contributed by atoms with E-state index in [9.17, 15) is 19.5 Å². The van der Waals surface area contributed by atoms with E-state index in [0.29, 0.717) is 28.9 Å². The van der Waals surface area contributed by atoms with Crippen LogP contribution in [0.25, 0.3) is 10.8 Å². The molecule has 10 nitrogen and oxygen atoms in total. The number of aromatic nitrogens is 2. The smallest absolute Gasteiger partial charge is 0.323 e. The minimum atomic E-state index is -1.64. The number of hydrogen-bond acceptors (Lipinski definition) is 6. The highest BCUT2D eigenvalue weighted by molar-refractivity contribution is 6.76. The summed E-state index contributed by atoms with van der Waals surface area (Å²) in [6.45, 7) is 8.96. The third-order valence-electron chi connectivity index (χ3n) is 6.33. The fourth-order valence-corrected chi connectivity index (χ4v) is 4.89. The Morgan fingerprint density at radius 1 is 1.11 bits per heavy atom. The number of rotatable bonds is 8. The van der Waals surface area contributed by atoms with Crippen LogP contribution in [0.15, 0.2) is 41.5 Å². The largest absolute Gasteiger partial charge is 0.497 e. The predicted octanol–water partition coefficient (Wildman–Crippen LogP) is 2.77. The number of pyridine rings is 1. The van der Waals surface area contributed by atoms with Crippen LogP contribution in [0.3, 0.4) is 0 Å². The van der Waals surface area contributed by atoms with Crippen LogP contribution in [-0.4, -0.2) is 53.5 Å². The summed E-state index contributed by atoms with van der Waals surface area (Å²) in [7, 11) is 0.266. The number of urea groups is 1. The Morgan fingerprint density at radius 2 is 1.87 bits per heavy atom. The van der Waals surface area contributed by atoms with Gasteiger partial charge in [0.1, 0.15) is 12.5 Å². The minimum absolute atomic E-state index is 0.0890. The van der Waals surface area contributed by atoms with Crippen molar-refractivity contribution < 1.29 is 24.2 Å². The minimum Gasteiger partial charge on any atom is -0.497 e. The van der Waals surface area contributed by atoms with Crippen LogP contribution in [-0.2, 0) is 22.8 Å². The zero-order chi connectivity index (χ0) is 27.7. The monoisotopic (exact) mass is 536 g/mol. The van der Waals surface area contributed by atoms with E-state index >= 15 is 0 Å². The number of hydrogen-bond donors (Lipinski definition) is 3. The summed E-state index contributed by atoms with van der Waals surface area (Å²) in [4.78, 5) is 37.7. The standard InChI is InChI=1S/C27H32N4O6Si/c1-18-12-19(14-31(23(18)32)17-37-10-11-38(3,4)5)8-9-27(25(34)28-26(35)29-27)16-30-15-20-6-7-21(36-2)13-22(20)24(30)33/h6-7,12-15,33H,10-11,16-17H2,1-5H3,(H2,28,29,34,35)/t27-/m1/s1. The molecular formula is C27H32N4O6Si. The molecule has 0 bridgehead atoms. The molecule has 0 radical (unpaired) electrons. The zero-order valence-corrected chi connectivity index (χ0v) is 23.2. The third-order valence-corrected chi connectivity index (χ3v) is 8.03. The molecule has 0 saturated carbocycles. The van der Waals surface area contributed by atoms with Gasteiger partial charge in [0.25, 0.3) is 11.5 Å². The number of benzene rings is 1. The summed E-state index contributed by atoms with van der Waals surface area (Å²) < 4.78 is 13.9. The molecule has 38 heavy (non-hydrogen) atoms. The lowest BCUT2D eigenvalue weighted by Gasteiger charge is -2.21. The Labute approximate surface area is 221 Å². The second-order valence-electron chi connectivity index (χ2n) is 10.6. The highest BCUT2D eigenvalue weighted by atomic mass is 28.3. The van der Waals surface area contributed by atoms with Crippen molar-refractivity contribution in [1.82, 2.24) is 19.8 Å². The van der Waals surface area contributed by atoms with Gasteiger partial charge in [-0.05, 0) is 37.2 Å². The number of nitrogens with one attached hydrogen (secondary N) is 2. The maximum atomic E-state index is 12.9. The molecule has 0 aliphatic carbocycles. The van der Waals surface area contributed by atoms with Gasteiger partial charge in [-0.15, -0.1) is 0 Å². The van der Waals surface area contributed by atoms with Crippen molar-refractivity contribution in [2.75, 3.05) is 13.7 Å². The first kappa shape index (κ1) is 27.0. The van der Waals surface area contributed by atoms with E-state index in [-0.39, 0.29) is 24.7 Å². The summed E-state index contributed by atoms with van der Waals surface area (Å²) in [5.74, 6) is 5.69. The molecule has 11 heteroatoms. The van der Waals surface area contributed by atoms with Crippen molar-refractivity contribution in [2.45, 2.75) is 51.4 Å². The molecule has 3 heterocycles. The van der Waals surface area contributed by atoms with Gasteiger partial charge in [-0.25, -0.2) is 4.79 Å². The number of amides is 3. The first-order chi connectivity index (χ1) is 17.9. The second kappa shape index (κ2) is 10.4. The Bertz CT molecular complexity index is 1520. The summed E-state index contributed by atoms with van der Waals surface area (Å²) >= 11 is 0. The number of nitrogens with zero attached hydrogens (tertiary/aromatic N) is 2. The second-order valence-corrected chi connectivity index (χ2v) is 16.3. The van der Waals surface area contributed by atoms with Crippen molar-refractivity contribution in [3.8, 4) is 23.5 Å². The molecule has 0 spiro atoms. The number of fused-ring (bicyclic) bond motifs is 1. The molecule has 200 valence electrons. The first-order valence-corrected chi connectivity index (χ1v) is 15.9. The average Bonchev–Trinajstić information content (AvgIpc) is 3.31. The van der Waals surface area contributed by atoms with Crippen LogP contribution in [0.2, 0.25) is 25.7 Å². The molecule has 1 atom stereocenters. The quantitative estimate of drug-likeness (QED) is 0.176. The van der Waals surface area contributed by atoms with Gasteiger partial charge in [-0.1, -0.05) is 31.5 Å². The topological polar surface area (TPSA) is 124 Å². The fourth-order valence-electron chi connectivity index (χ4n) is 4.13. The summed E-state index contributed by atoms with van der Waals surface area (Å²) in [6, 6.07) is 7.16. The lowest BCUT2D eigenvalue weighted by atomic mass is 10.00. The summed E-state index contributed by atoms with van der Waals surface area (Å²) in [5, 5.41) is 17.0. The number of imide groups is 1. The highest BCUT2D eigenvalue weighted by Gasteiger charge is 2.46. The van der Waals surface area contributed by atoms with Crippen molar-refractivity contribution in [3.63, 3.8) is 0 Å². The van der Waals surface area contributed by atoms with Gasteiger partial charge in [-0.3, -0.25) is 19.5 Å². The van der Waals surface area contributed by atoms with Gasteiger partial charge in [0.05, 0.1) is 13.7 Å². The molecule has 2 aromatic heterocycles. The molecule has 1 saturated heterocycles. The van der Waals surface area contributed by atoms with E-state index in [1.165, 1.54) is 16.2 Å². The number of carbonyl (C=O) groups is 2. The molecule has 3 amide bonds. The third kappa shape index (κ3) is 5.77. The average molecular weight is 537 g/mol. The Morgan fingerprint density at radius 3 is 2.53 bits per heavy atom. The molecule has 1 aliphatic rings. The van der Waals surface area contributed by atoms with E-state index in [2.05, 4.69) is 42.1 Å². The van der Waals surface area contributed by atoms with Crippen LogP contribution in [0, 0.1) is 18.8 Å². The number of methoxy groups -OCH3 is 1. The maximum absolute atomic E-state index is 12.9. The van der Waals surface area contributed by atoms with E-state index in [1.54, 1.807) is 43.6 Å². The highest BCUT2D eigenvalue weighted by Crippen LogP contribution is 2.32. The van der Waals surface area contributed by atoms with E-state index in [0.717, 1.165) is 11.4 Å². The van der Waals surface area contributed by atoms with Crippen molar-refractivity contribution in [2.24, 2.45) is 0 Å². The van der Waals surface area contributed by atoms with Crippen LogP contribution < -0.4 is 20.9 Å². The molecule has 0 unspecified atom stereocenters. The van der Waals surface area contributed by atoms with Gasteiger partial charge in [0.15, 0.2) is 5.88 Å². The van der Waals surface area contributed by atoms with Gasteiger partial charge >= 0.3 is 6.03 Å². The van der Waals surface area contributed by atoms with Gasteiger partial charge in [0.2, 0.25) is 5.54 Å². The Kier molecular flexibility index (Phi) is 7.39. The van der Waals surface area contributed by atoms with Crippen molar-refractivity contribution in [3.05, 3.63) is 58.1 Å². The SMILES string of the molecule is COc1ccc2cn(C[C@@]3(C#Cc4cc(C)c(=O)n(COCC[Si](C)(C)C)c4)NC(=O)NC3=O)c(O)c2c1. The van der Waals surface area contributed by atoms with E-state index in [4.69, 9.17) is 9.47 Å². The number of carbonyl (C=O) groups excluding carboxylic acids is 2. The molecule has 4 rings (SSSR count). The molecule has 3 aromatic rings. The fraction of sp³-hybridized carbons (Fsp3) is 0.370. The van der Waals surface area contributed by atoms with Gasteiger partial charge < -0.3 is 24.5 Å². The Hall–Kier alpha value is -4.01. The van der Waals surface area contributed by atoms with Crippen molar-refractivity contribution >= 4 is 30.8 Å². The van der Waals surface area contributed by atoms with Crippen LogP contribution in [0.4, 0.5) is 4.79 Å². The lowest BCUT2D eigenvalue weighted by Crippen LogP contribution is -2.49. The number of ether oxygens (including phenoxy) is 2. The lowest BCUT2D eigenvalue weighted by molar-refractivity contribution is -0.122. The molecule has 3 N–H and O–H groups in total. The molecule has 1 aromatic carbocycles. The molecule has 1 fully saturated rings. The summed E-state index contributed by atoms with van der Waals surface area (Å²) in [5.41, 5.74) is -0.876. The van der Waals surface area contributed by atoms with Crippen LogP contribution >= 0.6 is 0 Å². The zero-order valence-electron chi connectivity index (χ0n) is 22.2. The van der Waals surface area contributed by atoms with E-state index < -0.39 is 25.6 Å². The van der Waals surface area contributed by atoms with Crippen LogP contribution in [0.1, 0.15) is 11.1 Å². The van der Waals surface area contributed by atoms with E-state index in [1.807, 2.05) is 0 Å². The number of aromatic hydroxyl groups is 1. The van der Waals surface area contributed by atoms with Gasteiger partial charge in [-0.2, -0.15) is 0 Å². The Balaban J connectivity index is 1.65. The van der Waals surface area contributed by atoms with Gasteiger partial charge in [0, 0.05) is 49.0 Å². The predicted molar refractivity (Wildman–Crippen MR) is 146 cm³/mol. The molecule has 1 aliphatic heterocycles. The van der Waals surface area contributed by atoms with Crippen LogP contribution in [0.5, 0.6) is 11.6 Å². The number of aryl methyl sites for hydroxylation is 1. The maximum Gasteiger partial charge on any atom is 0.323 e.